The second-order valence-electron chi connectivity index (χ2n) is 4.71. The highest BCUT2D eigenvalue weighted by Gasteiger charge is 2.22. The number of ether oxygens (including phenoxy) is 2. The average Bonchev–Trinajstić information content (AvgIpc) is 2.48. The first-order valence-corrected chi connectivity index (χ1v) is 7.36. The second-order valence-corrected chi connectivity index (χ2v) is 5.56. The average molecular weight is 343 g/mol. The number of carbonyl (C=O) groups excluding carboxylic acids is 1. The Kier molecular flexibility index (Phi) is 5.39. The summed E-state index contributed by atoms with van der Waals surface area (Å²) in [6, 6.07) is 5.43. The van der Waals surface area contributed by atoms with Gasteiger partial charge in [-0.2, -0.15) is 0 Å². The fourth-order valence-electron chi connectivity index (χ4n) is 2.08. The Bertz CT molecular complexity index is 475. The van der Waals surface area contributed by atoms with Crippen molar-refractivity contribution in [3.05, 3.63) is 28.2 Å². The third kappa shape index (κ3) is 3.71. The third-order valence-corrected chi connectivity index (χ3v) is 3.89. The van der Waals surface area contributed by atoms with Gasteiger partial charge in [0.1, 0.15) is 11.8 Å². The van der Waals surface area contributed by atoms with Gasteiger partial charge in [0.05, 0.1) is 30.8 Å². The Balaban J connectivity index is 1.98. The Morgan fingerprint density at radius 2 is 2.40 bits per heavy atom. The summed E-state index contributed by atoms with van der Waals surface area (Å²) >= 11 is 3.45. The summed E-state index contributed by atoms with van der Waals surface area (Å²) < 4.78 is 11.4. The number of hydrogen-bond donors (Lipinski definition) is 2. The van der Waals surface area contributed by atoms with Gasteiger partial charge in [0.15, 0.2) is 0 Å². The molecule has 0 saturated carbocycles. The molecule has 20 heavy (non-hydrogen) atoms. The summed E-state index contributed by atoms with van der Waals surface area (Å²) in [5, 5.41) is 6.13. The summed E-state index contributed by atoms with van der Waals surface area (Å²) in [6.45, 7) is 3.74. The molecule has 2 unspecified atom stereocenters. The van der Waals surface area contributed by atoms with Crippen LogP contribution in [0.3, 0.4) is 0 Å². The molecule has 1 aliphatic heterocycles. The Labute approximate surface area is 127 Å². The minimum atomic E-state index is -0.270. The molecule has 1 aromatic carbocycles. The van der Waals surface area contributed by atoms with Crippen LogP contribution in [0.15, 0.2) is 22.7 Å². The first-order chi connectivity index (χ1) is 9.61. The predicted molar refractivity (Wildman–Crippen MR) is 79.9 cm³/mol. The normalized spacial score (nSPS) is 20.2. The molecule has 1 aromatic rings. The topological polar surface area (TPSA) is 59.6 Å². The summed E-state index contributed by atoms with van der Waals surface area (Å²) in [6.07, 6.45) is 0. The van der Waals surface area contributed by atoms with Crippen LogP contribution in [0.2, 0.25) is 0 Å². The number of amides is 1. The fraction of sp³-hybridized carbons (Fsp3) is 0.500. The zero-order valence-corrected chi connectivity index (χ0v) is 13.2. The smallest absolute Gasteiger partial charge is 0.240 e. The third-order valence-electron chi connectivity index (χ3n) is 3.27. The van der Waals surface area contributed by atoms with Crippen LogP contribution >= 0.6 is 15.9 Å². The van der Waals surface area contributed by atoms with Gasteiger partial charge >= 0.3 is 0 Å². The van der Waals surface area contributed by atoms with Gasteiger partial charge in [-0.3, -0.25) is 4.79 Å². The summed E-state index contributed by atoms with van der Waals surface area (Å²) in [7, 11) is 1.62. The van der Waals surface area contributed by atoms with Crippen LogP contribution in [0.1, 0.15) is 18.5 Å². The van der Waals surface area contributed by atoms with Crippen LogP contribution in [0, 0.1) is 0 Å². The maximum atomic E-state index is 12.1. The molecule has 0 bridgehead atoms. The van der Waals surface area contributed by atoms with Crippen molar-refractivity contribution in [2.45, 2.75) is 19.0 Å². The molecule has 0 radical (unpaired) electrons. The van der Waals surface area contributed by atoms with E-state index in [-0.39, 0.29) is 18.0 Å². The van der Waals surface area contributed by atoms with E-state index in [1.54, 1.807) is 7.11 Å². The lowest BCUT2D eigenvalue weighted by molar-refractivity contribution is -0.126. The van der Waals surface area contributed by atoms with Gasteiger partial charge in [-0.15, -0.1) is 0 Å². The molecule has 1 heterocycles. The Morgan fingerprint density at radius 3 is 3.00 bits per heavy atom. The number of methoxy groups -OCH3 is 1. The van der Waals surface area contributed by atoms with Crippen molar-refractivity contribution in [3.63, 3.8) is 0 Å². The number of hydrogen-bond acceptors (Lipinski definition) is 4. The van der Waals surface area contributed by atoms with Gasteiger partial charge in [0.25, 0.3) is 0 Å². The molecule has 2 rings (SSSR count). The monoisotopic (exact) mass is 342 g/mol. The first-order valence-electron chi connectivity index (χ1n) is 6.56. The molecular formula is C14H19BrN2O3. The molecule has 0 spiro atoms. The molecule has 2 N–H and O–H groups in total. The lowest BCUT2D eigenvalue weighted by atomic mass is 10.1. The van der Waals surface area contributed by atoms with Gasteiger partial charge in [-0.1, -0.05) is 6.07 Å². The van der Waals surface area contributed by atoms with E-state index >= 15 is 0 Å². The van der Waals surface area contributed by atoms with Crippen molar-refractivity contribution in [2.75, 3.05) is 26.9 Å². The molecular weight excluding hydrogens is 324 g/mol. The van der Waals surface area contributed by atoms with Crippen molar-refractivity contribution in [1.29, 1.82) is 0 Å². The Hall–Kier alpha value is -1.11. The molecule has 0 aromatic heterocycles. The van der Waals surface area contributed by atoms with Crippen LogP contribution in [-0.2, 0) is 9.53 Å². The van der Waals surface area contributed by atoms with Crippen LogP contribution < -0.4 is 15.4 Å². The first kappa shape index (κ1) is 15.3. The quantitative estimate of drug-likeness (QED) is 0.872. The number of carbonyl (C=O) groups is 1. The number of morpholine rings is 1. The molecule has 1 amide bonds. The highest BCUT2D eigenvalue weighted by Crippen LogP contribution is 2.27. The molecule has 110 valence electrons. The van der Waals surface area contributed by atoms with Crippen molar-refractivity contribution >= 4 is 21.8 Å². The standard InChI is InChI=1S/C14H19BrN2O3/c1-9(10-3-4-13(19-2)11(15)7-10)17-14(18)12-8-20-6-5-16-12/h3-4,7,9,12,16H,5-6,8H2,1-2H3,(H,17,18). The highest BCUT2D eigenvalue weighted by atomic mass is 79.9. The SMILES string of the molecule is COc1ccc(C(C)NC(=O)C2COCCN2)cc1Br. The summed E-state index contributed by atoms with van der Waals surface area (Å²) in [5.74, 6) is 0.735. The zero-order chi connectivity index (χ0) is 14.5. The van der Waals surface area contributed by atoms with Gasteiger partial charge < -0.3 is 20.1 Å². The Morgan fingerprint density at radius 1 is 1.60 bits per heavy atom. The number of rotatable bonds is 4. The van der Waals surface area contributed by atoms with Gasteiger partial charge in [-0.25, -0.2) is 0 Å². The molecule has 1 fully saturated rings. The number of halogens is 1. The van der Waals surface area contributed by atoms with Crippen molar-refractivity contribution in [1.82, 2.24) is 10.6 Å². The minimum absolute atomic E-state index is 0.0378. The lowest BCUT2D eigenvalue weighted by Crippen LogP contribution is -2.51. The summed E-state index contributed by atoms with van der Waals surface area (Å²) in [4.78, 5) is 12.1. The van der Waals surface area contributed by atoms with Crippen LogP contribution in [-0.4, -0.2) is 38.8 Å². The fourth-order valence-corrected chi connectivity index (χ4v) is 2.64. The van der Waals surface area contributed by atoms with Crippen LogP contribution in [0.4, 0.5) is 0 Å². The molecule has 5 nitrogen and oxygen atoms in total. The largest absolute Gasteiger partial charge is 0.496 e. The van der Waals surface area contributed by atoms with Crippen molar-refractivity contribution < 1.29 is 14.3 Å². The van der Waals surface area contributed by atoms with Crippen molar-refractivity contribution in [2.24, 2.45) is 0 Å². The molecule has 1 saturated heterocycles. The molecule has 6 heteroatoms. The summed E-state index contributed by atoms with van der Waals surface area (Å²) in [5.41, 5.74) is 1.02. The van der Waals surface area contributed by atoms with Gasteiger partial charge in [-0.05, 0) is 40.5 Å². The van der Waals surface area contributed by atoms with E-state index in [1.165, 1.54) is 0 Å². The molecule has 1 aliphatic rings. The van der Waals surface area contributed by atoms with E-state index < -0.39 is 0 Å². The number of benzene rings is 1. The van der Waals surface area contributed by atoms with E-state index in [0.717, 1.165) is 15.8 Å². The number of nitrogens with one attached hydrogen (secondary N) is 2. The predicted octanol–water partition coefficient (Wildman–Crippen LogP) is 1.62. The van der Waals surface area contributed by atoms with Gasteiger partial charge in [0.2, 0.25) is 5.91 Å². The zero-order valence-electron chi connectivity index (χ0n) is 11.6. The van der Waals surface area contributed by atoms with Crippen LogP contribution in [0.5, 0.6) is 5.75 Å². The molecule has 0 aliphatic carbocycles. The lowest BCUT2D eigenvalue weighted by Gasteiger charge is -2.25. The van der Waals surface area contributed by atoms with E-state index in [9.17, 15) is 4.79 Å². The van der Waals surface area contributed by atoms with Crippen molar-refractivity contribution in [3.8, 4) is 5.75 Å². The highest BCUT2D eigenvalue weighted by molar-refractivity contribution is 9.10. The molecule has 2 atom stereocenters. The minimum Gasteiger partial charge on any atom is -0.496 e. The maximum absolute atomic E-state index is 12.1. The van der Waals surface area contributed by atoms with Gasteiger partial charge in [0, 0.05) is 6.54 Å². The van der Waals surface area contributed by atoms with Crippen LogP contribution in [0.25, 0.3) is 0 Å². The van der Waals surface area contributed by atoms with E-state index in [4.69, 9.17) is 9.47 Å². The maximum Gasteiger partial charge on any atom is 0.240 e. The van der Waals surface area contributed by atoms with E-state index in [1.807, 2.05) is 25.1 Å². The second kappa shape index (κ2) is 7.06. The van der Waals surface area contributed by atoms with E-state index in [0.29, 0.717) is 19.8 Å². The van der Waals surface area contributed by atoms with E-state index in [2.05, 4.69) is 26.6 Å².